The molecule has 0 aromatic heterocycles. The van der Waals surface area contributed by atoms with Crippen molar-refractivity contribution in [3.8, 4) is 16.9 Å². The number of benzene rings is 2. The van der Waals surface area contributed by atoms with Gasteiger partial charge in [0.15, 0.2) is 40.9 Å². The summed E-state index contributed by atoms with van der Waals surface area (Å²) in [6.45, 7) is 0.974. The number of primary amides is 1. The summed E-state index contributed by atoms with van der Waals surface area (Å²) < 4.78 is 4.78. The Balaban J connectivity index is 1.51. The van der Waals surface area contributed by atoms with Crippen LogP contribution in [-0.2, 0) is 35.1 Å². The number of anilines is 1. The Hall–Kier alpha value is -4.46. The number of aromatic hydroxyl groups is 1. The molecule has 44 heavy (non-hydrogen) atoms. The van der Waals surface area contributed by atoms with Crippen molar-refractivity contribution in [1.29, 1.82) is 0 Å². The minimum absolute atomic E-state index is 0.0535. The van der Waals surface area contributed by atoms with Gasteiger partial charge in [-0.15, -0.1) is 0 Å². The van der Waals surface area contributed by atoms with Crippen LogP contribution in [0.15, 0.2) is 36.4 Å². The lowest BCUT2D eigenvalue weighted by Crippen LogP contribution is -2.74. The number of carbonyl (C=O) groups is 6. The van der Waals surface area contributed by atoms with E-state index in [1.165, 1.54) is 32.0 Å². The number of nitrogens with one attached hydrogen (secondary N) is 1. The molecule has 0 radical (unpaired) electrons. The second-order valence-electron chi connectivity index (χ2n) is 11.8. The third-order valence-electron chi connectivity index (χ3n) is 8.92. The molecule has 2 fully saturated rings. The number of nitrogens with two attached hydrogens (primary N) is 1. The number of hydrogen-bond donors (Lipinski definition) is 5. The summed E-state index contributed by atoms with van der Waals surface area (Å²) in [5.41, 5.74) is 4.70. The second kappa shape index (κ2) is 11.2. The number of aliphatic hydroxyl groups excluding tert-OH is 1. The first-order chi connectivity index (χ1) is 20.7. The SMILES string of the molecule is CC(=O)OCC(O)Nc1ccc(-c2ccc(O)c3c2C[C@H]2C[C@H]4[C@H](N(C)C)C(=O)C(C(N)=O)C(=O)[C@@]4(O)C(=O)C2C3=O)cc1. The molecule has 5 rings (SSSR count). The molecule has 2 saturated carbocycles. The van der Waals surface area contributed by atoms with Crippen LogP contribution >= 0.6 is 0 Å². The van der Waals surface area contributed by atoms with Crippen molar-refractivity contribution in [2.24, 2.45) is 29.4 Å². The molecule has 3 unspecified atom stereocenters. The Kier molecular flexibility index (Phi) is 7.91. The number of ether oxygens (including phenoxy) is 1. The summed E-state index contributed by atoms with van der Waals surface area (Å²) in [5.74, 6) is -11.6. The highest BCUT2D eigenvalue weighted by atomic mass is 16.5. The van der Waals surface area contributed by atoms with Crippen molar-refractivity contribution in [3.63, 3.8) is 0 Å². The molecule has 13 heteroatoms. The van der Waals surface area contributed by atoms with Crippen molar-refractivity contribution >= 4 is 40.7 Å². The van der Waals surface area contributed by atoms with E-state index in [4.69, 9.17) is 10.5 Å². The first kappa shape index (κ1) is 31.0. The first-order valence-electron chi connectivity index (χ1n) is 14.1. The third-order valence-corrected chi connectivity index (χ3v) is 8.92. The van der Waals surface area contributed by atoms with Gasteiger partial charge in [0, 0.05) is 18.5 Å². The lowest BCUT2D eigenvalue weighted by atomic mass is 9.52. The number of hydrogen-bond acceptors (Lipinski definition) is 12. The zero-order valence-corrected chi connectivity index (χ0v) is 24.3. The van der Waals surface area contributed by atoms with E-state index < -0.39 is 76.6 Å². The van der Waals surface area contributed by atoms with Crippen molar-refractivity contribution in [3.05, 3.63) is 47.5 Å². The lowest BCUT2D eigenvalue weighted by Gasteiger charge is -2.52. The van der Waals surface area contributed by atoms with Gasteiger partial charge in [0.2, 0.25) is 5.91 Å². The first-order valence-corrected chi connectivity index (χ1v) is 14.1. The van der Waals surface area contributed by atoms with Gasteiger partial charge in [0.05, 0.1) is 17.5 Å². The smallest absolute Gasteiger partial charge is 0.302 e. The van der Waals surface area contributed by atoms with Gasteiger partial charge in [-0.3, -0.25) is 33.7 Å². The molecule has 1 amide bonds. The Bertz CT molecular complexity index is 1590. The molecule has 0 saturated heterocycles. The van der Waals surface area contributed by atoms with E-state index in [0.29, 0.717) is 22.4 Å². The van der Waals surface area contributed by atoms with Crippen molar-refractivity contribution in [1.82, 2.24) is 4.90 Å². The normalized spacial score (nSPS) is 28.5. The van der Waals surface area contributed by atoms with Gasteiger partial charge in [-0.2, -0.15) is 0 Å². The van der Waals surface area contributed by atoms with Gasteiger partial charge in [-0.05, 0) is 67.7 Å². The van der Waals surface area contributed by atoms with E-state index in [-0.39, 0.29) is 30.8 Å². The number of likely N-dealkylation sites (N-methyl/N-ethyl adjacent to an activating group) is 1. The van der Waals surface area contributed by atoms with Crippen LogP contribution in [0.4, 0.5) is 5.69 Å². The fraction of sp³-hybridized carbons (Fsp3) is 0.419. The molecular formula is C31H33N3O10. The van der Waals surface area contributed by atoms with Gasteiger partial charge >= 0.3 is 5.97 Å². The zero-order valence-electron chi connectivity index (χ0n) is 24.3. The summed E-state index contributed by atoms with van der Waals surface area (Å²) in [7, 11) is 3.05. The molecule has 2 aromatic rings. The Morgan fingerprint density at radius 2 is 1.75 bits per heavy atom. The maximum absolute atomic E-state index is 14.0. The van der Waals surface area contributed by atoms with E-state index in [1.807, 2.05) is 0 Å². The van der Waals surface area contributed by atoms with E-state index >= 15 is 0 Å². The summed E-state index contributed by atoms with van der Waals surface area (Å²) in [5, 5.41) is 35.3. The third kappa shape index (κ3) is 4.86. The van der Waals surface area contributed by atoms with Crippen LogP contribution in [0.2, 0.25) is 0 Å². The molecule has 7 atom stereocenters. The molecule has 0 bridgehead atoms. The highest BCUT2D eigenvalue weighted by molar-refractivity contribution is 6.32. The fourth-order valence-corrected chi connectivity index (χ4v) is 7.05. The van der Waals surface area contributed by atoms with Crippen LogP contribution in [0.1, 0.15) is 29.3 Å². The van der Waals surface area contributed by atoms with Gasteiger partial charge in [-0.1, -0.05) is 18.2 Å². The summed E-state index contributed by atoms with van der Waals surface area (Å²) >= 11 is 0. The minimum Gasteiger partial charge on any atom is -0.507 e. The molecule has 0 heterocycles. The fourth-order valence-electron chi connectivity index (χ4n) is 7.05. The van der Waals surface area contributed by atoms with E-state index in [1.54, 1.807) is 30.3 Å². The number of aliphatic hydroxyl groups is 2. The second-order valence-corrected chi connectivity index (χ2v) is 11.8. The Labute approximate surface area is 252 Å². The van der Waals surface area contributed by atoms with Crippen LogP contribution in [0.3, 0.4) is 0 Å². The summed E-state index contributed by atoms with van der Waals surface area (Å²) in [4.78, 5) is 79.1. The number of amides is 1. The average Bonchev–Trinajstić information content (AvgIpc) is 2.94. The van der Waals surface area contributed by atoms with E-state index in [2.05, 4.69) is 5.32 Å². The summed E-state index contributed by atoms with van der Waals surface area (Å²) in [6.07, 6.45) is -1.08. The predicted octanol–water partition coefficient (Wildman–Crippen LogP) is -0.173. The standard InChI is InChI=1S/C31H33N3O10/c1-13(35)44-12-21(37)33-16-6-4-14(5-7-16)17-8-9-20(36)23-18(17)10-15-11-19-25(34(2)3)27(39)24(30(32)42)29(41)31(19,43)28(40)22(15)26(23)38/h4-9,15,19,21-22,24-25,33,36-37,43H,10-12H2,1-3H3,(H2,32,42)/t15-,19-,21?,22?,24?,25-,31-/m0/s1. The van der Waals surface area contributed by atoms with E-state index in [0.717, 1.165) is 0 Å². The molecule has 2 aromatic carbocycles. The number of ketones is 4. The quantitative estimate of drug-likeness (QED) is 0.158. The van der Waals surface area contributed by atoms with Gasteiger partial charge < -0.3 is 31.1 Å². The molecule has 3 aliphatic carbocycles. The van der Waals surface area contributed by atoms with Gasteiger partial charge in [0.1, 0.15) is 12.4 Å². The van der Waals surface area contributed by atoms with E-state index in [9.17, 15) is 44.1 Å². The molecule has 0 aliphatic heterocycles. The topological polar surface area (TPSA) is 214 Å². The molecule has 0 spiro atoms. The highest BCUT2D eigenvalue weighted by Gasteiger charge is 2.69. The van der Waals surface area contributed by atoms with Gasteiger partial charge in [-0.25, -0.2) is 0 Å². The molecule has 13 nitrogen and oxygen atoms in total. The molecule has 3 aliphatic rings. The number of esters is 1. The average molecular weight is 608 g/mol. The monoisotopic (exact) mass is 607 g/mol. The van der Waals surface area contributed by atoms with Crippen LogP contribution in [0.5, 0.6) is 5.75 Å². The molecular weight excluding hydrogens is 574 g/mol. The predicted molar refractivity (Wildman–Crippen MR) is 153 cm³/mol. The Morgan fingerprint density at radius 3 is 2.34 bits per heavy atom. The van der Waals surface area contributed by atoms with Crippen LogP contribution in [0, 0.1) is 23.7 Å². The maximum atomic E-state index is 14.0. The molecule has 6 N–H and O–H groups in total. The number of fused-ring (bicyclic) bond motifs is 3. The van der Waals surface area contributed by atoms with Crippen molar-refractivity contribution in [2.75, 3.05) is 26.0 Å². The van der Waals surface area contributed by atoms with Crippen molar-refractivity contribution in [2.45, 2.75) is 37.6 Å². The van der Waals surface area contributed by atoms with Crippen molar-refractivity contribution < 1.29 is 48.8 Å². The van der Waals surface area contributed by atoms with Crippen LogP contribution in [0.25, 0.3) is 11.1 Å². The Morgan fingerprint density at radius 1 is 1.09 bits per heavy atom. The number of nitrogens with zero attached hydrogens (tertiary/aromatic N) is 1. The van der Waals surface area contributed by atoms with Gasteiger partial charge in [0.25, 0.3) is 0 Å². The lowest BCUT2D eigenvalue weighted by molar-refractivity contribution is -0.181. The van der Waals surface area contributed by atoms with Crippen LogP contribution < -0.4 is 11.1 Å². The van der Waals surface area contributed by atoms with Crippen LogP contribution in [-0.4, -0.2) is 93.8 Å². The number of carbonyl (C=O) groups excluding carboxylic acids is 6. The zero-order chi connectivity index (χ0) is 32.2. The maximum Gasteiger partial charge on any atom is 0.302 e. The summed E-state index contributed by atoms with van der Waals surface area (Å²) in [6, 6.07) is 8.55. The number of phenols is 1. The minimum atomic E-state index is -2.78. The number of Topliss-reactive ketones (excluding diaryl/α,β-unsaturated/α-hetero) is 4. The largest absolute Gasteiger partial charge is 0.507 e. The highest BCUT2D eigenvalue weighted by Crippen LogP contribution is 2.51. The number of rotatable bonds is 7. The molecule has 232 valence electrons. The number of phenolic OH excluding ortho intramolecular Hbond substituents is 1.